The zero-order valence-corrected chi connectivity index (χ0v) is 10.8. The smallest absolute Gasteiger partial charge is 0.160 e. The molecular weight excluding hydrogens is 240 g/mol. The van der Waals surface area contributed by atoms with Gasteiger partial charge in [0.25, 0.3) is 0 Å². The van der Waals surface area contributed by atoms with Gasteiger partial charge in [0, 0.05) is 16.1 Å². The van der Waals surface area contributed by atoms with E-state index in [0.717, 1.165) is 35.2 Å². The van der Waals surface area contributed by atoms with E-state index in [9.17, 15) is 8.78 Å². The van der Waals surface area contributed by atoms with Crippen molar-refractivity contribution in [3.63, 3.8) is 0 Å². The zero-order valence-electron chi connectivity index (χ0n) is 9.94. The van der Waals surface area contributed by atoms with E-state index in [4.69, 9.17) is 0 Å². The lowest BCUT2D eigenvalue weighted by Gasteiger charge is -2.02. The summed E-state index contributed by atoms with van der Waals surface area (Å²) in [6.45, 7) is 5.73. The topological polar surface area (TPSA) is 12.0 Å². The lowest BCUT2D eigenvalue weighted by atomic mass is 10.1. The van der Waals surface area contributed by atoms with Crippen molar-refractivity contribution in [2.45, 2.75) is 26.8 Å². The maximum atomic E-state index is 13.2. The van der Waals surface area contributed by atoms with Crippen LogP contribution in [0, 0.1) is 11.6 Å². The second kappa shape index (κ2) is 5.10. The van der Waals surface area contributed by atoms with Crippen LogP contribution in [0.2, 0.25) is 0 Å². The molecule has 0 atom stereocenters. The van der Waals surface area contributed by atoms with Gasteiger partial charge in [0.2, 0.25) is 0 Å². The van der Waals surface area contributed by atoms with E-state index in [2.05, 4.69) is 5.32 Å². The second-order valence-corrected chi connectivity index (χ2v) is 5.04. The van der Waals surface area contributed by atoms with Gasteiger partial charge in [0.15, 0.2) is 11.6 Å². The van der Waals surface area contributed by atoms with Crippen molar-refractivity contribution in [3.05, 3.63) is 34.2 Å². The van der Waals surface area contributed by atoms with Crippen LogP contribution in [0.3, 0.4) is 0 Å². The number of rotatable bonds is 4. The Morgan fingerprint density at radius 2 is 1.88 bits per heavy atom. The predicted molar refractivity (Wildman–Crippen MR) is 68.5 cm³/mol. The van der Waals surface area contributed by atoms with Crippen LogP contribution in [0.15, 0.2) is 12.1 Å². The van der Waals surface area contributed by atoms with Crippen molar-refractivity contribution < 1.29 is 8.78 Å². The SMILES string of the molecule is CCNCc1sc2cc(F)c(F)cc2c1CC. The van der Waals surface area contributed by atoms with Gasteiger partial charge >= 0.3 is 0 Å². The third-order valence-corrected chi connectivity index (χ3v) is 4.00. The summed E-state index contributed by atoms with van der Waals surface area (Å²) in [6.07, 6.45) is 0.839. The molecule has 0 aliphatic rings. The van der Waals surface area contributed by atoms with Gasteiger partial charge in [-0.3, -0.25) is 0 Å². The van der Waals surface area contributed by atoms with Crippen molar-refractivity contribution in [2.24, 2.45) is 0 Å². The van der Waals surface area contributed by atoms with E-state index in [1.807, 2.05) is 13.8 Å². The standard InChI is InChI=1S/C13H15F2NS/c1-3-8-9-5-10(14)11(15)6-12(9)17-13(8)7-16-4-2/h5-6,16H,3-4,7H2,1-2H3. The van der Waals surface area contributed by atoms with Crippen molar-refractivity contribution in [2.75, 3.05) is 6.54 Å². The van der Waals surface area contributed by atoms with Gasteiger partial charge in [-0.2, -0.15) is 0 Å². The van der Waals surface area contributed by atoms with Gasteiger partial charge in [0.1, 0.15) is 0 Å². The molecule has 0 radical (unpaired) electrons. The van der Waals surface area contributed by atoms with E-state index < -0.39 is 11.6 Å². The van der Waals surface area contributed by atoms with E-state index in [0.29, 0.717) is 0 Å². The second-order valence-electron chi connectivity index (χ2n) is 3.90. The minimum atomic E-state index is -0.767. The molecule has 4 heteroatoms. The lowest BCUT2D eigenvalue weighted by Crippen LogP contribution is -2.11. The fourth-order valence-electron chi connectivity index (χ4n) is 1.96. The van der Waals surface area contributed by atoms with Crippen LogP contribution in [0.4, 0.5) is 8.78 Å². The molecule has 0 aliphatic heterocycles. The maximum absolute atomic E-state index is 13.2. The van der Waals surface area contributed by atoms with Gasteiger partial charge in [-0.1, -0.05) is 13.8 Å². The first-order chi connectivity index (χ1) is 8.17. The van der Waals surface area contributed by atoms with Gasteiger partial charge in [-0.25, -0.2) is 8.78 Å². The number of aryl methyl sites for hydroxylation is 1. The van der Waals surface area contributed by atoms with Crippen molar-refractivity contribution in [1.29, 1.82) is 0 Å². The Bertz CT molecular complexity index is 534. The number of halogens is 2. The summed E-state index contributed by atoms with van der Waals surface area (Å²) in [7, 11) is 0. The Morgan fingerprint density at radius 1 is 1.18 bits per heavy atom. The number of fused-ring (bicyclic) bond motifs is 1. The number of thiophene rings is 1. The molecule has 2 rings (SSSR count). The Hall–Kier alpha value is -1.00. The molecule has 0 saturated heterocycles. The van der Waals surface area contributed by atoms with Gasteiger partial charge < -0.3 is 5.32 Å². The molecule has 1 N–H and O–H groups in total. The Balaban J connectivity index is 2.54. The molecule has 0 bridgehead atoms. The van der Waals surface area contributed by atoms with Crippen LogP contribution in [0.5, 0.6) is 0 Å². The van der Waals surface area contributed by atoms with Crippen LogP contribution >= 0.6 is 11.3 Å². The van der Waals surface area contributed by atoms with Crippen LogP contribution in [0.1, 0.15) is 24.3 Å². The van der Waals surface area contributed by atoms with E-state index in [1.165, 1.54) is 17.0 Å². The highest BCUT2D eigenvalue weighted by molar-refractivity contribution is 7.19. The summed E-state index contributed by atoms with van der Waals surface area (Å²) in [5.74, 6) is -1.53. The number of benzene rings is 1. The highest BCUT2D eigenvalue weighted by Gasteiger charge is 2.13. The highest BCUT2D eigenvalue weighted by atomic mass is 32.1. The van der Waals surface area contributed by atoms with Crippen LogP contribution in [0.25, 0.3) is 10.1 Å². The molecule has 0 fully saturated rings. The molecule has 1 nitrogen and oxygen atoms in total. The fraction of sp³-hybridized carbons (Fsp3) is 0.385. The zero-order chi connectivity index (χ0) is 12.4. The summed E-state index contributed by atoms with van der Waals surface area (Å²) < 4.78 is 27.2. The van der Waals surface area contributed by atoms with E-state index in [-0.39, 0.29) is 0 Å². The first-order valence-electron chi connectivity index (χ1n) is 5.77. The van der Waals surface area contributed by atoms with Gasteiger partial charge in [0.05, 0.1) is 0 Å². The Morgan fingerprint density at radius 3 is 2.53 bits per heavy atom. The molecule has 1 heterocycles. The molecule has 17 heavy (non-hydrogen) atoms. The van der Waals surface area contributed by atoms with Crippen molar-refractivity contribution in [3.8, 4) is 0 Å². The summed E-state index contributed by atoms with van der Waals surface area (Å²) in [5.41, 5.74) is 1.13. The Kier molecular flexibility index (Phi) is 3.74. The van der Waals surface area contributed by atoms with Gasteiger partial charge in [-0.05, 0) is 36.0 Å². The van der Waals surface area contributed by atoms with E-state index >= 15 is 0 Å². The number of hydrogen-bond acceptors (Lipinski definition) is 2. The highest BCUT2D eigenvalue weighted by Crippen LogP contribution is 2.33. The lowest BCUT2D eigenvalue weighted by molar-refractivity contribution is 0.511. The summed E-state index contributed by atoms with van der Waals surface area (Å²) in [6, 6.07) is 2.61. The van der Waals surface area contributed by atoms with Crippen molar-refractivity contribution >= 4 is 21.4 Å². The third-order valence-electron chi connectivity index (χ3n) is 2.81. The van der Waals surface area contributed by atoms with Crippen LogP contribution < -0.4 is 5.32 Å². The molecule has 0 aliphatic carbocycles. The van der Waals surface area contributed by atoms with Crippen LogP contribution in [-0.2, 0) is 13.0 Å². The van der Waals surface area contributed by atoms with Gasteiger partial charge in [-0.15, -0.1) is 11.3 Å². The van der Waals surface area contributed by atoms with Crippen molar-refractivity contribution in [1.82, 2.24) is 5.32 Å². The molecular formula is C13H15F2NS. The monoisotopic (exact) mass is 255 g/mol. The summed E-state index contributed by atoms with van der Waals surface area (Å²) in [4.78, 5) is 1.18. The first-order valence-corrected chi connectivity index (χ1v) is 6.59. The summed E-state index contributed by atoms with van der Waals surface area (Å²) >= 11 is 1.54. The molecule has 92 valence electrons. The number of hydrogen-bond donors (Lipinski definition) is 1. The first kappa shape index (κ1) is 12.5. The van der Waals surface area contributed by atoms with E-state index in [1.54, 1.807) is 11.3 Å². The quantitative estimate of drug-likeness (QED) is 0.875. The largest absolute Gasteiger partial charge is 0.312 e. The minimum Gasteiger partial charge on any atom is -0.312 e. The number of nitrogens with one attached hydrogen (secondary N) is 1. The molecule has 1 aromatic carbocycles. The predicted octanol–water partition coefficient (Wildman–Crippen LogP) is 3.85. The Labute approximate surface area is 103 Å². The molecule has 0 saturated carbocycles. The average Bonchev–Trinajstić information content (AvgIpc) is 2.64. The average molecular weight is 255 g/mol. The molecule has 2 aromatic rings. The minimum absolute atomic E-state index is 0.764. The van der Waals surface area contributed by atoms with Crippen LogP contribution in [-0.4, -0.2) is 6.54 Å². The molecule has 1 aromatic heterocycles. The molecule has 0 amide bonds. The summed E-state index contributed by atoms with van der Waals surface area (Å²) in [5, 5.41) is 4.10. The normalized spacial score (nSPS) is 11.3. The maximum Gasteiger partial charge on any atom is 0.160 e. The fourth-order valence-corrected chi connectivity index (χ4v) is 3.23. The third kappa shape index (κ3) is 2.33. The molecule has 0 unspecified atom stereocenters. The molecule has 0 spiro atoms.